The second kappa shape index (κ2) is 8.88. The van der Waals surface area contributed by atoms with Gasteiger partial charge in [-0.2, -0.15) is 18.4 Å². The molecular formula is C19H23F3N4O3. The van der Waals surface area contributed by atoms with Gasteiger partial charge in [-0.05, 0) is 18.2 Å². The van der Waals surface area contributed by atoms with Crippen LogP contribution in [0.1, 0.15) is 11.1 Å². The molecule has 2 saturated heterocycles. The number of ether oxygens (including phenoxy) is 2. The maximum atomic E-state index is 13.3. The molecule has 2 aliphatic heterocycles. The number of hydrogen-bond acceptors (Lipinski definition) is 5. The molecule has 2 amide bonds. The lowest BCUT2D eigenvalue weighted by molar-refractivity contribution is -0.137. The summed E-state index contributed by atoms with van der Waals surface area (Å²) in [6, 6.07) is 4.90. The van der Waals surface area contributed by atoms with Gasteiger partial charge in [0.2, 0.25) is 0 Å². The SMILES string of the molecule is COCC1CN(C(=O)N2CCOCC2)CCN1c1ccc(C#N)c(C(F)(F)F)c1. The van der Waals surface area contributed by atoms with Crippen LogP contribution in [-0.2, 0) is 15.7 Å². The number of carbonyl (C=O) groups is 1. The minimum atomic E-state index is -4.62. The molecule has 0 N–H and O–H groups in total. The van der Waals surface area contributed by atoms with Crippen LogP contribution in [0.3, 0.4) is 0 Å². The molecule has 1 unspecified atom stereocenters. The van der Waals surface area contributed by atoms with Crippen LogP contribution in [-0.4, -0.2) is 81.5 Å². The molecular weight excluding hydrogens is 389 g/mol. The van der Waals surface area contributed by atoms with Crippen molar-refractivity contribution >= 4 is 11.7 Å². The Bertz CT molecular complexity index is 775. The number of urea groups is 1. The van der Waals surface area contributed by atoms with Gasteiger partial charge in [0.1, 0.15) is 0 Å². The van der Waals surface area contributed by atoms with Gasteiger partial charge in [-0.1, -0.05) is 0 Å². The van der Waals surface area contributed by atoms with E-state index >= 15 is 0 Å². The summed E-state index contributed by atoms with van der Waals surface area (Å²) in [5, 5.41) is 9.00. The number of methoxy groups -OCH3 is 1. The molecule has 0 bridgehead atoms. The Kier molecular flexibility index (Phi) is 6.49. The zero-order valence-electron chi connectivity index (χ0n) is 16.1. The standard InChI is InChI=1S/C19H23F3N4O3/c1-28-13-16-12-25(18(27)24-6-8-29-9-7-24)4-5-26(16)15-3-2-14(11-23)17(10-15)19(20,21)22/h2-3,10,16H,4-9,12-13H2,1H3. The first-order chi connectivity index (χ1) is 13.8. The van der Waals surface area contributed by atoms with Crippen molar-refractivity contribution in [1.29, 1.82) is 5.26 Å². The molecule has 0 aliphatic carbocycles. The van der Waals surface area contributed by atoms with E-state index in [-0.39, 0.29) is 18.7 Å². The number of carbonyl (C=O) groups excluding carboxylic acids is 1. The Hall–Kier alpha value is -2.51. The average molecular weight is 412 g/mol. The van der Waals surface area contributed by atoms with Gasteiger partial charge in [0.25, 0.3) is 0 Å². The summed E-state index contributed by atoms with van der Waals surface area (Å²) in [7, 11) is 1.51. The van der Waals surface area contributed by atoms with Gasteiger partial charge in [0.15, 0.2) is 0 Å². The molecule has 0 radical (unpaired) electrons. The number of alkyl halides is 3. The fourth-order valence-electron chi connectivity index (χ4n) is 3.70. The van der Waals surface area contributed by atoms with Gasteiger partial charge < -0.3 is 24.2 Å². The lowest BCUT2D eigenvalue weighted by Gasteiger charge is -2.44. The van der Waals surface area contributed by atoms with Gasteiger partial charge >= 0.3 is 12.2 Å². The molecule has 1 aromatic rings. The molecule has 2 fully saturated rings. The Morgan fingerprint density at radius 2 is 1.97 bits per heavy atom. The van der Waals surface area contributed by atoms with Crippen molar-refractivity contribution in [3.63, 3.8) is 0 Å². The molecule has 0 spiro atoms. The predicted molar refractivity (Wildman–Crippen MR) is 98.5 cm³/mol. The predicted octanol–water partition coefficient (Wildman–Crippen LogP) is 2.17. The summed E-state index contributed by atoms with van der Waals surface area (Å²) in [6.07, 6.45) is -4.62. The Morgan fingerprint density at radius 3 is 2.59 bits per heavy atom. The Labute approximate surface area is 167 Å². The second-order valence-electron chi connectivity index (χ2n) is 6.97. The van der Waals surface area contributed by atoms with Crippen LogP contribution in [0.25, 0.3) is 0 Å². The van der Waals surface area contributed by atoms with Crippen molar-refractivity contribution < 1.29 is 27.4 Å². The van der Waals surface area contributed by atoms with Crippen molar-refractivity contribution in [3.8, 4) is 6.07 Å². The van der Waals surface area contributed by atoms with Crippen molar-refractivity contribution in [2.45, 2.75) is 12.2 Å². The topological polar surface area (TPSA) is 69.0 Å². The third-order valence-electron chi connectivity index (χ3n) is 5.15. The summed E-state index contributed by atoms with van der Waals surface area (Å²) in [5.41, 5.74) is -1.01. The van der Waals surface area contributed by atoms with Crippen molar-refractivity contribution in [3.05, 3.63) is 29.3 Å². The smallest absolute Gasteiger partial charge is 0.382 e. The molecule has 1 atom stereocenters. The molecule has 10 heteroatoms. The highest BCUT2D eigenvalue weighted by Gasteiger charge is 2.36. The van der Waals surface area contributed by atoms with Crippen LogP contribution < -0.4 is 4.90 Å². The number of amides is 2. The van der Waals surface area contributed by atoms with E-state index in [0.29, 0.717) is 51.6 Å². The Morgan fingerprint density at radius 1 is 1.24 bits per heavy atom. The normalized spacial score (nSPS) is 20.5. The van der Waals surface area contributed by atoms with Crippen molar-refractivity contribution in [2.24, 2.45) is 0 Å². The second-order valence-corrected chi connectivity index (χ2v) is 6.97. The van der Waals surface area contributed by atoms with Gasteiger partial charge in [-0.15, -0.1) is 0 Å². The maximum Gasteiger partial charge on any atom is 0.417 e. The molecule has 7 nitrogen and oxygen atoms in total. The molecule has 0 aromatic heterocycles. The van der Waals surface area contributed by atoms with Gasteiger partial charge in [-0.25, -0.2) is 4.79 Å². The number of morpholine rings is 1. The summed E-state index contributed by atoms with van der Waals surface area (Å²) in [6.45, 7) is 3.40. The monoisotopic (exact) mass is 412 g/mol. The molecule has 3 rings (SSSR count). The van der Waals surface area contributed by atoms with Crippen LogP contribution in [0.15, 0.2) is 18.2 Å². The number of nitrogens with zero attached hydrogens (tertiary/aromatic N) is 4. The highest BCUT2D eigenvalue weighted by molar-refractivity contribution is 5.75. The van der Waals surface area contributed by atoms with Crippen LogP contribution in [0, 0.1) is 11.3 Å². The molecule has 158 valence electrons. The number of nitriles is 1. The van der Waals surface area contributed by atoms with E-state index < -0.39 is 17.3 Å². The van der Waals surface area contributed by atoms with Crippen LogP contribution in [0.4, 0.5) is 23.7 Å². The molecule has 2 aliphatic rings. The number of halogens is 3. The van der Waals surface area contributed by atoms with Crippen LogP contribution in [0.2, 0.25) is 0 Å². The first-order valence-electron chi connectivity index (χ1n) is 9.33. The molecule has 1 aromatic carbocycles. The highest BCUT2D eigenvalue weighted by atomic mass is 19.4. The van der Waals surface area contributed by atoms with E-state index in [0.717, 1.165) is 6.07 Å². The lowest BCUT2D eigenvalue weighted by Crippen LogP contribution is -2.59. The lowest BCUT2D eigenvalue weighted by atomic mass is 10.0. The van der Waals surface area contributed by atoms with E-state index in [1.54, 1.807) is 15.9 Å². The number of benzene rings is 1. The number of rotatable bonds is 3. The number of anilines is 1. The van der Waals surface area contributed by atoms with E-state index in [1.165, 1.54) is 19.2 Å². The molecule has 2 heterocycles. The van der Waals surface area contributed by atoms with Crippen molar-refractivity contribution in [2.75, 3.05) is 64.6 Å². The van der Waals surface area contributed by atoms with E-state index in [9.17, 15) is 18.0 Å². The quantitative estimate of drug-likeness (QED) is 0.761. The molecule has 29 heavy (non-hydrogen) atoms. The summed E-state index contributed by atoms with van der Waals surface area (Å²) >= 11 is 0. The van der Waals surface area contributed by atoms with Crippen molar-refractivity contribution in [1.82, 2.24) is 9.80 Å². The van der Waals surface area contributed by atoms with E-state index in [4.69, 9.17) is 14.7 Å². The highest BCUT2D eigenvalue weighted by Crippen LogP contribution is 2.35. The Balaban J connectivity index is 1.80. The van der Waals surface area contributed by atoms with Gasteiger partial charge in [0.05, 0.1) is 43.1 Å². The maximum absolute atomic E-state index is 13.3. The average Bonchev–Trinajstić information content (AvgIpc) is 2.73. The van der Waals surface area contributed by atoms with E-state index in [1.807, 2.05) is 4.90 Å². The van der Waals surface area contributed by atoms with Gasteiger partial charge in [0, 0.05) is 45.5 Å². The summed E-state index contributed by atoms with van der Waals surface area (Å²) in [5.74, 6) is 0. The third kappa shape index (κ3) is 4.74. The fourth-order valence-corrected chi connectivity index (χ4v) is 3.70. The first-order valence-corrected chi connectivity index (χ1v) is 9.33. The minimum absolute atomic E-state index is 0.0927. The first kappa shape index (κ1) is 21.2. The third-order valence-corrected chi connectivity index (χ3v) is 5.15. The number of hydrogen-bond donors (Lipinski definition) is 0. The summed E-state index contributed by atoms with van der Waals surface area (Å²) in [4.78, 5) is 18.0. The minimum Gasteiger partial charge on any atom is -0.382 e. The largest absolute Gasteiger partial charge is 0.417 e. The summed E-state index contributed by atoms with van der Waals surface area (Å²) < 4.78 is 50.6. The van der Waals surface area contributed by atoms with Crippen LogP contribution in [0.5, 0.6) is 0 Å². The molecule has 0 saturated carbocycles. The van der Waals surface area contributed by atoms with Gasteiger partial charge in [-0.3, -0.25) is 0 Å². The van der Waals surface area contributed by atoms with Crippen LogP contribution >= 0.6 is 0 Å². The zero-order valence-corrected chi connectivity index (χ0v) is 16.1. The number of piperazine rings is 1. The zero-order chi connectivity index (χ0) is 21.0. The van der Waals surface area contributed by atoms with E-state index in [2.05, 4.69) is 0 Å². The fraction of sp³-hybridized carbons (Fsp3) is 0.579.